The summed E-state index contributed by atoms with van der Waals surface area (Å²) in [5.41, 5.74) is 0.357. The highest BCUT2D eigenvalue weighted by Crippen LogP contribution is 2.32. The maximum Gasteiger partial charge on any atom is 0.310 e. The minimum atomic E-state index is -0.726. The molecule has 104 valence electrons. The van der Waals surface area contributed by atoms with Crippen LogP contribution in [0.25, 0.3) is 0 Å². The molecule has 5 heteroatoms. The smallest absolute Gasteiger partial charge is 0.310 e. The molecule has 1 aliphatic rings. The van der Waals surface area contributed by atoms with E-state index in [1.54, 1.807) is 20.1 Å². The number of hydrogen-bond acceptors (Lipinski definition) is 3. The van der Waals surface area contributed by atoms with Crippen LogP contribution in [-0.4, -0.2) is 36.2 Å². The third kappa shape index (κ3) is 3.01. The van der Waals surface area contributed by atoms with Crippen molar-refractivity contribution in [2.24, 2.45) is 5.41 Å². The maximum atomic E-state index is 11.2. The van der Waals surface area contributed by atoms with Gasteiger partial charge < -0.3 is 9.84 Å². The summed E-state index contributed by atoms with van der Waals surface area (Å²) in [6.07, 6.45) is 0.677. The third-order valence-electron chi connectivity index (χ3n) is 3.72. The number of rotatable bonds is 4. The standard InChI is InChI=1S/C14H18ClNO3/c1-14(13(17)18)5-6-16(9-14)8-10-3-4-11(19-2)7-12(10)15/h3-4,7H,5-6,8-9H2,1-2H3,(H,17,18). The van der Waals surface area contributed by atoms with Crippen LogP contribution in [0.3, 0.4) is 0 Å². The zero-order valence-corrected chi connectivity index (χ0v) is 11.9. The zero-order valence-electron chi connectivity index (χ0n) is 11.1. The molecule has 0 amide bonds. The largest absolute Gasteiger partial charge is 0.497 e. The second kappa shape index (κ2) is 5.39. The van der Waals surface area contributed by atoms with Gasteiger partial charge >= 0.3 is 5.97 Å². The number of benzene rings is 1. The van der Waals surface area contributed by atoms with Gasteiger partial charge in [-0.2, -0.15) is 0 Å². The van der Waals surface area contributed by atoms with Crippen molar-refractivity contribution >= 4 is 17.6 Å². The van der Waals surface area contributed by atoms with Gasteiger partial charge in [-0.15, -0.1) is 0 Å². The number of carbonyl (C=O) groups is 1. The van der Waals surface area contributed by atoms with Crippen molar-refractivity contribution in [2.45, 2.75) is 19.9 Å². The molecule has 0 aliphatic carbocycles. The van der Waals surface area contributed by atoms with Crippen LogP contribution in [0.15, 0.2) is 18.2 Å². The molecule has 1 unspecified atom stereocenters. The molecule has 0 aromatic heterocycles. The minimum Gasteiger partial charge on any atom is -0.497 e. The average molecular weight is 284 g/mol. The monoisotopic (exact) mass is 283 g/mol. The highest BCUT2D eigenvalue weighted by Gasteiger charge is 2.40. The highest BCUT2D eigenvalue weighted by atomic mass is 35.5. The molecular weight excluding hydrogens is 266 g/mol. The van der Waals surface area contributed by atoms with Crippen molar-refractivity contribution < 1.29 is 14.6 Å². The van der Waals surface area contributed by atoms with E-state index in [4.69, 9.17) is 16.3 Å². The van der Waals surface area contributed by atoms with Gasteiger partial charge in [0.25, 0.3) is 0 Å². The van der Waals surface area contributed by atoms with Gasteiger partial charge in [0.15, 0.2) is 0 Å². The Kier molecular flexibility index (Phi) is 4.02. The Morgan fingerprint density at radius 1 is 1.58 bits per heavy atom. The summed E-state index contributed by atoms with van der Waals surface area (Å²) in [6.45, 7) is 3.81. The first-order valence-electron chi connectivity index (χ1n) is 6.23. The molecule has 1 aliphatic heterocycles. The van der Waals surface area contributed by atoms with E-state index in [0.717, 1.165) is 17.9 Å². The molecule has 1 aromatic carbocycles. The van der Waals surface area contributed by atoms with E-state index in [0.29, 0.717) is 24.5 Å². The van der Waals surface area contributed by atoms with Gasteiger partial charge in [0.1, 0.15) is 5.75 Å². The van der Waals surface area contributed by atoms with E-state index in [-0.39, 0.29) is 0 Å². The van der Waals surface area contributed by atoms with Crippen LogP contribution in [0.5, 0.6) is 5.75 Å². The lowest BCUT2D eigenvalue weighted by atomic mass is 9.90. The van der Waals surface area contributed by atoms with Crippen LogP contribution < -0.4 is 4.74 Å². The van der Waals surface area contributed by atoms with Crippen molar-refractivity contribution in [1.29, 1.82) is 0 Å². The number of nitrogens with zero attached hydrogens (tertiary/aromatic N) is 1. The normalized spacial score (nSPS) is 23.5. The first kappa shape index (κ1) is 14.2. The number of carboxylic acids is 1. The Morgan fingerprint density at radius 2 is 2.32 bits per heavy atom. The molecule has 2 rings (SSSR count). The molecule has 0 spiro atoms. The van der Waals surface area contributed by atoms with Crippen molar-refractivity contribution in [3.8, 4) is 5.75 Å². The Bertz CT molecular complexity index is 492. The van der Waals surface area contributed by atoms with E-state index in [1.807, 2.05) is 12.1 Å². The quantitative estimate of drug-likeness (QED) is 0.923. The van der Waals surface area contributed by atoms with Crippen LogP contribution in [0.1, 0.15) is 18.9 Å². The van der Waals surface area contributed by atoms with Crippen molar-refractivity contribution in [3.63, 3.8) is 0 Å². The van der Waals surface area contributed by atoms with Crippen LogP contribution in [0.4, 0.5) is 0 Å². The number of ether oxygens (including phenoxy) is 1. The molecular formula is C14H18ClNO3. The predicted molar refractivity (Wildman–Crippen MR) is 73.6 cm³/mol. The minimum absolute atomic E-state index is 0.560. The zero-order chi connectivity index (χ0) is 14.0. The Balaban J connectivity index is 2.05. The molecule has 1 N–H and O–H groups in total. The van der Waals surface area contributed by atoms with Crippen molar-refractivity contribution in [1.82, 2.24) is 4.90 Å². The molecule has 1 atom stereocenters. The molecule has 0 saturated carbocycles. The first-order chi connectivity index (χ1) is 8.94. The van der Waals surface area contributed by atoms with Gasteiger partial charge in [-0.3, -0.25) is 9.69 Å². The summed E-state index contributed by atoms with van der Waals surface area (Å²) >= 11 is 6.20. The number of likely N-dealkylation sites (tertiary alicyclic amines) is 1. The molecule has 0 radical (unpaired) electrons. The Hall–Kier alpha value is -1.26. The lowest BCUT2D eigenvalue weighted by molar-refractivity contribution is -0.147. The fourth-order valence-electron chi connectivity index (χ4n) is 2.39. The summed E-state index contributed by atoms with van der Waals surface area (Å²) < 4.78 is 5.11. The van der Waals surface area contributed by atoms with Crippen LogP contribution in [0, 0.1) is 5.41 Å². The summed E-state index contributed by atoms with van der Waals surface area (Å²) in [7, 11) is 1.60. The topological polar surface area (TPSA) is 49.8 Å². The summed E-state index contributed by atoms with van der Waals surface area (Å²) in [5, 5.41) is 9.87. The fraction of sp³-hybridized carbons (Fsp3) is 0.500. The molecule has 1 fully saturated rings. The molecule has 1 heterocycles. The lowest BCUT2D eigenvalue weighted by Crippen LogP contribution is -2.31. The van der Waals surface area contributed by atoms with Gasteiger partial charge in [0, 0.05) is 18.1 Å². The average Bonchev–Trinajstić information content (AvgIpc) is 2.75. The molecule has 1 saturated heterocycles. The van der Waals surface area contributed by atoms with Gasteiger partial charge in [0.05, 0.1) is 12.5 Å². The van der Waals surface area contributed by atoms with Crippen LogP contribution in [0.2, 0.25) is 5.02 Å². The third-order valence-corrected chi connectivity index (χ3v) is 4.07. The predicted octanol–water partition coefficient (Wildman–Crippen LogP) is 2.65. The Labute approximate surface area is 117 Å². The maximum absolute atomic E-state index is 11.2. The lowest BCUT2D eigenvalue weighted by Gasteiger charge is -2.20. The number of halogens is 1. The highest BCUT2D eigenvalue weighted by molar-refractivity contribution is 6.31. The van der Waals surface area contributed by atoms with Gasteiger partial charge in [-0.05, 0) is 37.6 Å². The van der Waals surface area contributed by atoms with Gasteiger partial charge in [0.2, 0.25) is 0 Å². The van der Waals surface area contributed by atoms with E-state index in [1.165, 1.54) is 0 Å². The molecule has 4 nitrogen and oxygen atoms in total. The Morgan fingerprint density at radius 3 is 2.84 bits per heavy atom. The summed E-state index contributed by atoms with van der Waals surface area (Å²) in [5.74, 6) is 0.00127. The second-order valence-electron chi connectivity index (χ2n) is 5.28. The van der Waals surface area contributed by atoms with E-state index < -0.39 is 11.4 Å². The number of hydrogen-bond donors (Lipinski definition) is 1. The van der Waals surface area contributed by atoms with E-state index in [2.05, 4.69) is 4.90 Å². The van der Waals surface area contributed by atoms with Crippen molar-refractivity contribution in [2.75, 3.05) is 20.2 Å². The van der Waals surface area contributed by atoms with Crippen LogP contribution >= 0.6 is 11.6 Å². The number of methoxy groups -OCH3 is 1. The van der Waals surface area contributed by atoms with E-state index >= 15 is 0 Å². The molecule has 19 heavy (non-hydrogen) atoms. The van der Waals surface area contributed by atoms with Gasteiger partial charge in [-0.1, -0.05) is 17.7 Å². The molecule has 0 bridgehead atoms. The molecule has 1 aromatic rings. The second-order valence-corrected chi connectivity index (χ2v) is 5.69. The number of carboxylic acid groups (broad SMARTS) is 1. The number of aliphatic carboxylic acids is 1. The first-order valence-corrected chi connectivity index (χ1v) is 6.60. The SMILES string of the molecule is COc1ccc(CN2CCC(C)(C(=O)O)C2)c(Cl)c1. The van der Waals surface area contributed by atoms with Crippen molar-refractivity contribution in [3.05, 3.63) is 28.8 Å². The fourth-order valence-corrected chi connectivity index (χ4v) is 2.62. The summed E-state index contributed by atoms with van der Waals surface area (Å²) in [6, 6.07) is 5.58. The summed E-state index contributed by atoms with van der Waals surface area (Å²) in [4.78, 5) is 13.3. The van der Waals surface area contributed by atoms with Crippen LogP contribution in [-0.2, 0) is 11.3 Å². The van der Waals surface area contributed by atoms with Gasteiger partial charge in [-0.25, -0.2) is 0 Å². The van der Waals surface area contributed by atoms with E-state index in [9.17, 15) is 9.90 Å².